The molecule has 2 saturated heterocycles. The molecule has 2 N–H and O–H groups in total. The standard InChI is InChI=1S/C43H44FN5O8S/c1-43(2,3)57-42(55)45-34-38(51)49-35(41(54)56-37(25-10-6-4-7-11-25)26-12-8-5-9-13-26)27(24-58-39(34)49)22-46-16-18-47(19-17-46)33-21-32-29(20-31(33)44)36(50)30(40(52)53)23-48(32)28-14-15-28/h4-13,20-21,23,28,34,37,39H,14-19,22,24H2,1-3H3,(H,45,55)(H,52,53)/t34-,39-/m1/s1. The Hall–Kier alpha value is -5.67. The first-order valence-electron chi connectivity index (χ1n) is 19.3. The molecular formula is C43H44FN5O8S. The van der Waals surface area contributed by atoms with Crippen LogP contribution in [0.2, 0.25) is 0 Å². The predicted octanol–water partition coefficient (Wildman–Crippen LogP) is 5.69. The van der Waals surface area contributed by atoms with Gasteiger partial charge in [0.25, 0.3) is 5.91 Å². The minimum Gasteiger partial charge on any atom is -0.477 e. The molecule has 58 heavy (non-hydrogen) atoms. The number of carbonyl (C=O) groups is 4. The first-order chi connectivity index (χ1) is 27.8. The van der Waals surface area contributed by atoms with Crippen LogP contribution >= 0.6 is 11.8 Å². The number of β-lactam (4-membered cyclic amide) rings is 1. The summed E-state index contributed by atoms with van der Waals surface area (Å²) >= 11 is 1.45. The number of carboxylic acids is 1. The number of esters is 1. The van der Waals surface area contributed by atoms with Crippen molar-refractivity contribution in [1.29, 1.82) is 0 Å². The molecule has 0 radical (unpaired) electrons. The van der Waals surface area contributed by atoms with Crippen LogP contribution in [-0.2, 0) is 19.1 Å². The van der Waals surface area contributed by atoms with Gasteiger partial charge in [-0.15, -0.1) is 11.8 Å². The van der Waals surface area contributed by atoms with Crippen LogP contribution < -0.4 is 15.6 Å². The van der Waals surface area contributed by atoms with Crippen LogP contribution in [0.15, 0.2) is 95.1 Å². The number of aromatic carboxylic acids is 1. The Morgan fingerprint density at radius 2 is 1.59 bits per heavy atom. The molecule has 0 unspecified atom stereocenters. The molecule has 13 nitrogen and oxygen atoms in total. The number of carbonyl (C=O) groups excluding carboxylic acids is 3. The summed E-state index contributed by atoms with van der Waals surface area (Å²) in [4.78, 5) is 71.4. The highest BCUT2D eigenvalue weighted by atomic mass is 32.2. The zero-order valence-electron chi connectivity index (χ0n) is 32.4. The first kappa shape index (κ1) is 39.2. The smallest absolute Gasteiger partial charge is 0.408 e. The third-order valence-corrected chi connectivity index (χ3v) is 12.1. The summed E-state index contributed by atoms with van der Waals surface area (Å²) in [6.07, 6.45) is 1.58. The molecule has 8 rings (SSSR count). The van der Waals surface area contributed by atoms with Gasteiger partial charge in [0.1, 0.15) is 34.1 Å². The molecule has 4 heterocycles. The number of rotatable bonds is 10. The van der Waals surface area contributed by atoms with E-state index in [4.69, 9.17) is 9.47 Å². The Labute approximate surface area is 338 Å². The number of aromatic nitrogens is 1. The zero-order chi connectivity index (χ0) is 40.9. The van der Waals surface area contributed by atoms with Gasteiger partial charge in [0.05, 0.1) is 11.2 Å². The van der Waals surface area contributed by atoms with Gasteiger partial charge in [0.15, 0.2) is 6.10 Å². The molecule has 1 saturated carbocycles. The zero-order valence-corrected chi connectivity index (χ0v) is 33.2. The number of nitrogens with one attached hydrogen (secondary N) is 1. The first-order valence-corrected chi connectivity index (χ1v) is 20.4. The van der Waals surface area contributed by atoms with Gasteiger partial charge in [-0.2, -0.15) is 0 Å². The number of piperazine rings is 1. The molecule has 1 aromatic heterocycles. The molecular weight excluding hydrogens is 766 g/mol. The number of carboxylic acid groups (broad SMARTS) is 1. The van der Waals surface area contributed by atoms with Crippen molar-refractivity contribution in [3.63, 3.8) is 0 Å². The average Bonchev–Trinajstić information content (AvgIpc) is 4.05. The van der Waals surface area contributed by atoms with E-state index in [1.165, 1.54) is 22.9 Å². The van der Waals surface area contributed by atoms with Crippen LogP contribution in [0.3, 0.4) is 0 Å². The van der Waals surface area contributed by atoms with Gasteiger partial charge in [-0.25, -0.2) is 18.8 Å². The lowest BCUT2D eigenvalue weighted by Crippen LogP contribution is -2.71. The fourth-order valence-electron chi connectivity index (χ4n) is 7.80. The van der Waals surface area contributed by atoms with Gasteiger partial charge in [0.2, 0.25) is 5.43 Å². The molecule has 302 valence electrons. The molecule has 3 fully saturated rings. The van der Waals surface area contributed by atoms with Crippen molar-refractivity contribution in [3.05, 3.63) is 123 Å². The molecule has 3 aliphatic heterocycles. The molecule has 15 heteroatoms. The minimum absolute atomic E-state index is 0.0389. The summed E-state index contributed by atoms with van der Waals surface area (Å²) in [5.41, 5.74) is 1.34. The maximum Gasteiger partial charge on any atom is 0.408 e. The second-order valence-corrected chi connectivity index (χ2v) is 17.1. The Morgan fingerprint density at radius 1 is 0.948 bits per heavy atom. The monoisotopic (exact) mass is 809 g/mol. The van der Waals surface area contributed by atoms with Gasteiger partial charge in [-0.05, 0) is 62.4 Å². The number of pyridine rings is 1. The van der Waals surface area contributed by atoms with Crippen LogP contribution in [0.25, 0.3) is 10.9 Å². The second-order valence-electron chi connectivity index (χ2n) is 16.0. The second kappa shape index (κ2) is 15.6. The third-order valence-electron chi connectivity index (χ3n) is 10.7. The molecule has 3 aromatic carbocycles. The largest absolute Gasteiger partial charge is 0.477 e. The number of hydrogen-bond acceptors (Lipinski definition) is 10. The number of benzene rings is 3. The van der Waals surface area contributed by atoms with Gasteiger partial charge in [-0.1, -0.05) is 60.7 Å². The van der Waals surface area contributed by atoms with E-state index < -0.39 is 58.3 Å². The van der Waals surface area contributed by atoms with Crippen LogP contribution in [0.5, 0.6) is 0 Å². The topological polar surface area (TPSA) is 151 Å². The summed E-state index contributed by atoms with van der Waals surface area (Å²) in [5, 5.41) is 11.8. The quantitative estimate of drug-likeness (QED) is 0.150. The van der Waals surface area contributed by atoms with Crippen molar-refractivity contribution in [2.75, 3.05) is 43.4 Å². The van der Waals surface area contributed by atoms with Crippen LogP contribution in [0, 0.1) is 5.82 Å². The molecule has 2 amide bonds. The van der Waals surface area contributed by atoms with E-state index in [-0.39, 0.29) is 22.7 Å². The number of fused-ring (bicyclic) bond motifs is 2. The minimum atomic E-state index is -1.34. The van der Waals surface area contributed by atoms with E-state index in [1.54, 1.807) is 31.4 Å². The number of hydrogen-bond donors (Lipinski definition) is 2. The lowest BCUT2D eigenvalue weighted by molar-refractivity contribution is -0.153. The maximum atomic E-state index is 15.8. The van der Waals surface area contributed by atoms with E-state index in [1.807, 2.05) is 65.6 Å². The number of anilines is 1. The van der Waals surface area contributed by atoms with Crippen molar-refractivity contribution in [3.8, 4) is 0 Å². The third kappa shape index (κ3) is 7.80. The Bertz CT molecular complexity index is 2330. The van der Waals surface area contributed by atoms with Crippen molar-refractivity contribution in [1.82, 2.24) is 19.7 Å². The van der Waals surface area contributed by atoms with Crippen molar-refractivity contribution in [2.24, 2.45) is 0 Å². The lowest BCUT2D eigenvalue weighted by Gasteiger charge is -2.50. The van der Waals surface area contributed by atoms with Crippen molar-refractivity contribution >= 4 is 52.3 Å². The lowest BCUT2D eigenvalue weighted by atomic mass is 10.0. The van der Waals surface area contributed by atoms with E-state index in [9.17, 15) is 29.1 Å². The van der Waals surface area contributed by atoms with E-state index in [0.717, 1.165) is 30.0 Å². The Balaban J connectivity index is 1.05. The summed E-state index contributed by atoms with van der Waals surface area (Å²) in [7, 11) is 0. The normalized spacial score (nSPS) is 19.8. The number of amides is 2. The Morgan fingerprint density at radius 3 is 2.17 bits per heavy atom. The van der Waals surface area contributed by atoms with Crippen molar-refractivity contribution in [2.45, 2.75) is 62.8 Å². The van der Waals surface area contributed by atoms with Gasteiger partial charge in [0, 0.05) is 56.1 Å². The highest BCUT2D eigenvalue weighted by Gasteiger charge is 2.55. The van der Waals surface area contributed by atoms with Crippen LogP contribution in [0.1, 0.15) is 67.2 Å². The van der Waals surface area contributed by atoms with Crippen molar-refractivity contribution < 1.29 is 38.1 Å². The number of ether oxygens (including phenoxy) is 2. The number of halogens is 1. The SMILES string of the molecule is CC(C)(C)OC(=O)N[C@@H]1C(=O)N2C(C(=O)OC(c3ccccc3)c3ccccc3)=C(CN3CCN(c4cc5c(cc4F)c(=O)c(C(=O)O)cn5C4CC4)CC3)CS[C@H]12. The Kier molecular flexibility index (Phi) is 10.5. The number of alkyl carbamates (subject to hydrolysis) is 1. The maximum absolute atomic E-state index is 15.8. The summed E-state index contributed by atoms with van der Waals surface area (Å²) in [6.45, 7) is 7.41. The molecule has 4 aliphatic rings. The molecule has 1 aliphatic carbocycles. The molecule has 0 bridgehead atoms. The fraction of sp³-hybridized carbons (Fsp3) is 0.372. The predicted molar refractivity (Wildman–Crippen MR) is 216 cm³/mol. The summed E-state index contributed by atoms with van der Waals surface area (Å²) in [6, 6.07) is 20.7. The molecule has 2 atom stereocenters. The average molecular weight is 810 g/mol. The number of thioether (sulfide) groups is 1. The van der Waals surface area contributed by atoms with Crippen LogP contribution in [-0.4, -0.2) is 98.9 Å². The fourth-order valence-corrected chi connectivity index (χ4v) is 9.13. The highest BCUT2D eigenvalue weighted by Crippen LogP contribution is 2.42. The van der Waals surface area contributed by atoms with Gasteiger partial charge >= 0.3 is 18.0 Å². The van der Waals surface area contributed by atoms with E-state index >= 15 is 4.39 Å². The van der Waals surface area contributed by atoms with Gasteiger partial charge < -0.3 is 29.4 Å². The molecule has 0 spiro atoms. The molecule has 4 aromatic rings. The van der Waals surface area contributed by atoms with Crippen LogP contribution in [0.4, 0.5) is 14.9 Å². The summed E-state index contributed by atoms with van der Waals surface area (Å²) in [5.74, 6) is -2.67. The summed E-state index contributed by atoms with van der Waals surface area (Å²) < 4.78 is 29.3. The van der Waals surface area contributed by atoms with E-state index in [0.29, 0.717) is 55.3 Å². The van der Waals surface area contributed by atoms with Gasteiger partial charge in [-0.3, -0.25) is 19.4 Å². The number of nitrogens with zero attached hydrogens (tertiary/aromatic N) is 4. The highest BCUT2D eigenvalue weighted by molar-refractivity contribution is 8.00. The van der Waals surface area contributed by atoms with E-state index in [2.05, 4.69) is 10.2 Å².